The second-order valence-corrected chi connectivity index (χ2v) is 6.33. The zero-order chi connectivity index (χ0) is 16.6. The Kier molecular flexibility index (Phi) is 3.93. The summed E-state index contributed by atoms with van der Waals surface area (Å²) in [6, 6.07) is 11.0. The summed E-state index contributed by atoms with van der Waals surface area (Å²) in [7, 11) is 0. The van der Waals surface area contributed by atoms with E-state index in [1.807, 2.05) is 0 Å². The zero-order valence-electron chi connectivity index (χ0n) is 12.1. The summed E-state index contributed by atoms with van der Waals surface area (Å²) in [5, 5.41) is 0. The highest BCUT2D eigenvalue weighted by Crippen LogP contribution is 2.30. The summed E-state index contributed by atoms with van der Waals surface area (Å²) in [5.41, 5.74) is -0.377. The number of rotatable bonds is 2. The minimum Gasteiger partial charge on any atom is -0.443 e. The molecule has 0 spiro atoms. The van der Waals surface area contributed by atoms with Crippen LogP contribution in [0.15, 0.2) is 46.9 Å². The molecule has 1 aliphatic rings. The number of carbonyl (C=O) groups excluding carboxylic acids is 2. The summed E-state index contributed by atoms with van der Waals surface area (Å²) in [6.07, 6.45) is 0.173. The van der Waals surface area contributed by atoms with Gasteiger partial charge >= 0.3 is 11.9 Å². The molecule has 0 aromatic heterocycles. The largest absolute Gasteiger partial charge is 0.443 e. The third-order valence-electron chi connectivity index (χ3n) is 3.61. The van der Waals surface area contributed by atoms with Gasteiger partial charge < -0.3 is 9.47 Å². The Labute approximate surface area is 140 Å². The fourth-order valence-electron chi connectivity index (χ4n) is 2.41. The van der Waals surface area contributed by atoms with Crippen molar-refractivity contribution in [2.24, 2.45) is 0 Å². The van der Waals surface area contributed by atoms with Gasteiger partial charge in [-0.1, -0.05) is 34.1 Å². The molecule has 1 aliphatic heterocycles. The van der Waals surface area contributed by atoms with Crippen LogP contribution in [0, 0.1) is 5.82 Å². The van der Waals surface area contributed by atoms with Crippen LogP contribution in [0.25, 0.3) is 0 Å². The highest BCUT2D eigenvalue weighted by Gasteiger charge is 2.44. The summed E-state index contributed by atoms with van der Waals surface area (Å²) >= 11 is 3.13. The van der Waals surface area contributed by atoms with Crippen LogP contribution < -0.4 is 4.74 Å². The van der Waals surface area contributed by atoms with E-state index in [2.05, 4.69) is 15.9 Å². The van der Waals surface area contributed by atoms with Gasteiger partial charge in [0.2, 0.25) is 5.60 Å². The summed E-state index contributed by atoms with van der Waals surface area (Å²) in [5.74, 6) is -2.31. The molecule has 118 valence electrons. The molecule has 0 amide bonds. The Bertz CT molecular complexity index is 805. The number of cyclic esters (lactones) is 1. The normalized spacial score (nSPS) is 19.7. The van der Waals surface area contributed by atoms with Crippen molar-refractivity contribution in [2.75, 3.05) is 0 Å². The number of ether oxygens (including phenoxy) is 2. The molecular formula is C17H12BrFO4. The molecule has 1 atom stereocenters. The molecule has 2 aromatic rings. The van der Waals surface area contributed by atoms with Crippen LogP contribution >= 0.6 is 15.9 Å². The molecule has 6 heteroatoms. The number of hydrogen-bond donors (Lipinski definition) is 0. The summed E-state index contributed by atoms with van der Waals surface area (Å²) in [6.45, 7) is 1.46. The van der Waals surface area contributed by atoms with Crippen molar-refractivity contribution in [3.8, 4) is 5.75 Å². The lowest BCUT2D eigenvalue weighted by molar-refractivity contribution is -0.155. The molecule has 0 saturated carbocycles. The molecule has 4 nitrogen and oxygen atoms in total. The lowest BCUT2D eigenvalue weighted by Crippen LogP contribution is -2.48. The fourth-order valence-corrected chi connectivity index (χ4v) is 2.75. The maximum Gasteiger partial charge on any atom is 0.356 e. The van der Waals surface area contributed by atoms with Gasteiger partial charge in [-0.3, -0.25) is 0 Å². The molecular weight excluding hydrogens is 367 g/mol. The molecule has 1 unspecified atom stereocenters. The van der Waals surface area contributed by atoms with Crippen LogP contribution in [-0.2, 0) is 16.0 Å². The van der Waals surface area contributed by atoms with Crippen LogP contribution in [0.2, 0.25) is 0 Å². The third kappa shape index (κ3) is 2.99. The lowest BCUT2D eigenvalue weighted by atomic mass is 9.90. The van der Waals surface area contributed by atoms with Gasteiger partial charge in [0, 0.05) is 10.9 Å². The first-order chi connectivity index (χ1) is 10.9. The van der Waals surface area contributed by atoms with E-state index in [9.17, 15) is 14.0 Å². The van der Waals surface area contributed by atoms with Gasteiger partial charge in [0.05, 0.1) is 5.56 Å². The molecule has 0 aliphatic carbocycles. The van der Waals surface area contributed by atoms with E-state index in [-0.39, 0.29) is 12.2 Å². The van der Waals surface area contributed by atoms with Crippen LogP contribution in [0.3, 0.4) is 0 Å². The number of hydrogen-bond acceptors (Lipinski definition) is 4. The van der Waals surface area contributed by atoms with Gasteiger partial charge in [-0.15, -0.1) is 0 Å². The van der Waals surface area contributed by atoms with E-state index in [4.69, 9.17) is 9.47 Å². The Morgan fingerprint density at radius 1 is 1.30 bits per heavy atom. The number of benzene rings is 2. The first-order valence-corrected chi connectivity index (χ1v) is 7.67. The Morgan fingerprint density at radius 3 is 2.78 bits per heavy atom. The lowest BCUT2D eigenvalue weighted by Gasteiger charge is -2.32. The topological polar surface area (TPSA) is 52.6 Å². The smallest absolute Gasteiger partial charge is 0.356 e. The predicted octanol–water partition coefficient (Wildman–Crippen LogP) is 3.67. The van der Waals surface area contributed by atoms with Crippen molar-refractivity contribution < 1.29 is 23.5 Å². The molecule has 0 fully saturated rings. The number of carbonyl (C=O) groups is 2. The van der Waals surface area contributed by atoms with Gasteiger partial charge in [0.1, 0.15) is 0 Å². The second-order valence-electron chi connectivity index (χ2n) is 5.42. The third-order valence-corrected chi connectivity index (χ3v) is 4.10. The Morgan fingerprint density at radius 2 is 2.04 bits per heavy atom. The van der Waals surface area contributed by atoms with Gasteiger partial charge in [-0.05, 0) is 36.8 Å². The van der Waals surface area contributed by atoms with E-state index in [0.29, 0.717) is 15.6 Å². The van der Waals surface area contributed by atoms with E-state index in [1.165, 1.54) is 19.1 Å². The average Bonchev–Trinajstić information content (AvgIpc) is 2.50. The van der Waals surface area contributed by atoms with Gasteiger partial charge in [-0.25, -0.2) is 14.0 Å². The second kappa shape index (κ2) is 5.77. The van der Waals surface area contributed by atoms with Gasteiger partial charge in [-0.2, -0.15) is 0 Å². The van der Waals surface area contributed by atoms with Crippen molar-refractivity contribution in [2.45, 2.75) is 18.9 Å². The zero-order valence-corrected chi connectivity index (χ0v) is 13.7. The first-order valence-electron chi connectivity index (χ1n) is 6.88. The minimum atomic E-state index is -1.50. The number of fused-ring (bicyclic) bond motifs is 1. The van der Waals surface area contributed by atoms with Crippen LogP contribution in [0.5, 0.6) is 5.75 Å². The van der Waals surface area contributed by atoms with Crippen LogP contribution in [0.4, 0.5) is 4.39 Å². The van der Waals surface area contributed by atoms with Crippen molar-refractivity contribution in [1.29, 1.82) is 0 Å². The van der Waals surface area contributed by atoms with Crippen molar-refractivity contribution >= 4 is 27.9 Å². The monoisotopic (exact) mass is 378 g/mol. The minimum absolute atomic E-state index is 0.173. The highest BCUT2D eigenvalue weighted by molar-refractivity contribution is 9.10. The number of esters is 2. The average molecular weight is 379 g/mol. The SMILES string of the molecule is CC1(C(=O)Oc2ccc(Br)cc2F)Cc2ccccc2C(=O)O1. The van der Waals surface area contributed by atoms with E-state index in [0.717, 1.165) is 0 Å². The van der Waals surface area contributed by atoms with Crippen molar-refractivity contribution in [3.05, 3.63) is 63.9 Å². The standard InChI is InChI=1S/C17H12BrFO4/c1-17(9-10-4-2-3-5-12(10)15(20)23-17)16(21)22-14-7-6-11(18)8-13(14)19/h2-8H,9H2,1H3. The van der Waals surface area contributed by atoms with Crippen molar-refractivity contribution in [3.63, 3.8) is 0 Å². The Hall–Kier alpha value is -2.21. The Balaban J connectivity index is 1.86. The molecule has 0 saturated heterocycles. The summed E-state index contributed by atoms with van der Waals surface area (Å²) < 4.78 is 24.7. The van der Waals surface area contributed by atoms with Crippen LogP contribution in [0.1, 0.15) is 22.8 Å². The molecule has 23 heavy (non-hydrogen) atoms. The molecule has 0 bridgehead atoms. The maximum absolute atomic E-state index is 13.8. The van der Waals surface area contributed by atoms with E-state index in [1.54, 1.807) is 30.3 Å². The van der Waals surface area contributed by atoms with Gasteiger partial charge in [0.25, 0.3) is 0 Å². The quantitative estimate of drug-likeness (QED) is 0.590. The van der Waals surface area contributed by atoms with Gasteiger partial charge in [0.15, 0.2) is 11.6 Å². The predicted molar refractivity (Wildman–Crippen MR) is 83.7 cm³/mol. The molecule has 3 rings (SSSR count). The molecule has 0 N–H and O–H groups in total. The summed E-state index contributed by atoms with van der Waals surface area (Å²) in [4.78, 5) is 24.5. The fraction of sp³-hybridized carbons (Fsp3) is 0.176. The highest BCUT2D eigenvalue weighted by atomic mass is 79.9. The molecule has 2 aromatic carbocycles. The first kappa shape index (κ1) is 15.7. The maximum atomic E-state index is 13.8. The van der Waals surface area contributed by atoms with Crippen molar-refractivity contribution in [1.82, 2.24) is 0 Å². The number of halogens is 2. The molecule has 0 radical (unpaired) electrons. The van der Waals surface area contributed by atoms with E-state index < -0.39 is 23.4 Å². The van der Waals surface area contributed by atoms with E-state index >= 15 is 0 Å². The van der Waals surface area contributed by atoms with Crippen LogP contribution in [-0.4, -0.2) is 17.5 Å². The molecule has 1 heterocycles.